The van der Waals surface area contributed by atoms with Crippen LogP contribution in [0.4, 0.5) is 11.4 Å². The SMILES string of the molecule is Cc1cc(C)c(NC(=O)CCl)cc1NC(=O)CCl. The highest BCUT2D eigenvalue weighted by atomic mass is 35.5. The van der Waals surface area contributed by atoms with Crippen molar-refractivity contribution in [1.82, 2.24) is 0 Å². The maximum Gasteiger partial charge on any atom is 0.239 e. The number of benzene rings is 1. The summed E-state index contributed by atoms with van der Waals surface area (Å²) in [6, 6.07) is 3.56. The minimum Gasteiger partial charge on any atom is -0.325 e. The van der Waals surface area contributed by atoms with Crippen molar-refractivity contribution in [2.75, 3.05) is 22.4 Å². The summed E-state index contributed by atoms with van der Waals surface area (Å²) in [7, 11) is 0. The van der Waals surface area contributed by atoms with E-state index in [1.807, 2.05) is 19.9 Å². The zero-order valence-corrected chi connectivity index (χ0v) is 11.7. The fourth-order valence-corrected chi connectivity index (χ4v) is 1.62. The number of carbonyl (C=O) groups excluding carboxylic acids is 2. The molecule has 18 heavy (non-hydrogen) atoms. The number of halogens is 2. The Morgan fingerprint density at radius 2 is 1.33 bits per heavy atom. The van der Waals surface area contributed by atoms with Crippen LogP contribution >= 0.6 is 23.2 Å². The number of nitrogens with one attached hydrogen (secondary N) is 2. The lowest BCUT2D eigenvalue weighted by atomic mass is 10.1. The van der Waals surface area contributed by atoms with Crippen LogP contribution in [0.2, 0.25) is 0 Å². The van der Waals surface area contributed by atoms with Crippen LogP contribution in [0, 0.1) is 13.8 Å². The van der Waals surface area contributed by atoms with Crippen molar-refractivity contribution in [1.29, 1.82) is 0 Å². The van der Waals surface area contributed by atoms with Gasteiger partial charge in [0.25, 0.3) is 0 Å². The second-order valence-corrected chi connectivity index (χ2v) is 4.38. The summed E-state index contributed by atoms with van der Waals surface area (Å²) >= 11 is 10.9. The molecule has 0 aromatic heterocycles. The number of hydrogen-bond donors (Lipinski definition) is 2. The lowest BCUT2D eigenvalue weighted by molar-refractivity contribution is -0.114. The molecule has 0 fully saturated rings. The number of carbonyl (C=O) groups is 2. The Morgan fingerprint density at radius 3 is 1.67 bits per heavy atom. The van der Waals surface area contributed by atoms with Gasteiger partial charge in [-0.3, -0.25) is 9.59 Å². The van der Waals surface area contributed by atoms with E-state index < -0.39 is 0 Å². The minimum absolute atomic E-state index is 0.114. The van der Waals surface area contributed by atoms with Crippen molar-refractivity contribution in [2.45, 2.75) is 13.8 Å². The predicted octanol–water partition coefficient (Wildman–Crippen LogP) is 2.66. The summed E-state index contributed by atoms with van der Waals surface area (Å²) in [5, 5.41) is 5.33. The van der Waals surface area contributed by atoms with E-state index >= 15 is 0 Å². The molecule has 0 spiro atoms. The van der Waals surface area contributed by atoms with E-state index in [0.29, 0.717) is 11.4 Å². The smallest absolute Gasteiger partial charge is 0.239 e. The lowest BCUT2D eigenvalue weighted by Crippen LogP contribution is -2.16. The number of alkyl halides is 2. The Labute approximate surface area is 116 Å². The van der Waals surface area contributed by atoms with Gasteiger partial charge in [0.1, 0.15) is 11.8 Å². The molecule has 0 aliphatic carbocycles. The molecule has 98 valence electrons. The fourth-order valence-electron chi connectivity index (χ4n) is 1.49. The van der Waals surface area contributed by atoms with Crippen molar-refractivity contribution >= 4 is 46.4 Å². The van der Waals surface area contributed by atoms with Crippen LogP contribution in [0.5, 0.6) is 0 Å². The van der Waals surface area contributed by atoms with Gasteiger partial charge in [-0.1, -0.05) is 6.07 Å². The van der Waals surface area contributed by atoms with Crippen molar-refractivity contribution in [2.24, 2.45) is 0 Å². The number of hydrogen-bond acceptors (Lipinski definition) is 2. The number of rotatable bonds is 4. The van der Waals surface area contributed by atoms with E-state index in [4.69, 9.17) is 23.2 Å². The second-order valence-electron chi connectivity index (χ2n) is 3.85. The van der Waals surface area contributed by atoms with E-state index in [1.54, 1.807) is 6.07 Å². The Bertz CT molecular complexity index is 436. The van der Waals surface area contributed by atoms with Crippen molar-refractivity contribution in [3.05, 3.63) is 23.3 Å². The largest absolute Gasteiger partial charge is 0.325 e. The summed E-state index contributed by atoms with van der Waals surface area (Å²) in [5.41, 5.74) is 3.04. The van der Waals surface area contributed by atoms with Crippen LogP contribution < -0.4 is 10.6 Å². The van der Waals surface area contributed by atoms with E-state index in [2.05, 4.69) is 10.6 Å². The fraction of sp³-hybridized carbons (Fsp3) is 0.333. The number of aryl methyl sites for hydroxylation is 2. The topological polar surface area (TPSA) is 58.2 Å². The molecule has 0 aliphatic rings. The standard InChI is InChI=1S/C12H14Cl2N2O2/c1-7-3-8(2)10(16-12(18)6-14)4-9(7)15-11(17)5-13/h3-4H,5-6H2,1-2H3,(H,15,17)(H,16,18). The van der Waals surface area contributed by atoms with Crippen LogP contribution in [0.15, 0.2) is 12.1 Å². The zero-order chi connectivity index (χ0) is 13.7. The third-order valence-corrected chi connectivity index (χ3v) is 2.85. The van der Waals surface area contributed by atoms with Crippen LogP contribution in [0.1, 0.15) is 11.1 Å². The molecule has 0 saturated heterocycles. The first kappa shape index (κ1) is 14.8. The molecule has 1 rings (SSSR count). The van der Waals surface area contributed by atoms with Gasteiger partial charge in [-0.25, -0.2) is 0 Å². The first-order valence-electron chi connectivity index (χ1n) is 5.30. The number of anilines is 2. The summed E-state index contributed by atoms with van der Waals surface area (Å²) in [6.45, 7) is 3.73. The average molecular weight is 289 g/mol. The maximum absolute atomic E-state index is 11.3. The highest BCUT2D eigenvalue weighted by Gasteiger charge is 2.09. The minimum atomic E-state index is -0.293. The van der Waals surface area contributed by atoms with Gasteiger partial charge in [-0.2, -0.15) is 0 Å². The molecule has 0 bridgehead atoms. The molecular formula is C12H14Cl2N2O2. The average Bonchev–Trinajstić information content (AvgIpc) is 2.34. The van der Waals surface area contributed by atoms with Gasteiger partial charge in [-0.15, -0.1) is 23.2 Å². The van der Waals surface area contributed by atoms with Gasteiger partial charge in [0, 0.05) is 11.4 Å². The van der Waals surface area contributed by atoms with Crippen molar-refractivity contribution in [3.8, 4) is 0 Å². The van der Waals surface area contributed by atoms with Gasteiger partial charge in [0.15, 0.2) is 0 Å². The first-order chi connectivity index (χ1) is 8.47. The van der Waals surface area contributed by atoms with Gasteiger partial charge >= 0.3 is 0 Å². The molecule has 6 heteroatoms. The zero-order valence-electron chi connectivity index (χ0n) is 10.1. The molecule has 0 atom stereocenters. The molecule has 1 aromatic rings. The second kappa shape index (κ2) is 6.61. The first-order valence-corrected chi connectivity index (χ1v) is 6.37. The lowest BCUT2D eigenvalue weighted by Gasteiger charge is -2.13. The molecule has 4 nitrogen and oxygen atoms in total. The van der Waals surface area contributed by atoms with Gasteiger partial charge in [0.2, 0.25) is 11.8 Å². The highest BCUT2D eigenvalue weighted by Crippen LogP contribution is 2.24. The molecule has 0 unspecified atom stereocenters. The molecular weight excluding hydrogens is 275 g/mol. The van der Waals surface area contributed by atoms with E-state index in [-0.39, 0.29) is 23.6 Å². The quantitative estimate of drug-likeness (QED) is 0.837. The monoisotopic (exact) mass is 288 g/mol. The maximum atomic E-state index is 11.3. The molecule has 0 heterocycles. The van der Waals surface area contributed by atoms with Crippen molar-refractivity contribution < 1.29 is 9.59 Å². The normalized spacial score (nSPS) is 10.0. The van der Waals surface area contributed by atoms with Crippen LogP contribution in [0.3, 0.4) is 0 Å². The molecule has 0 radical (unpaired) electrons. The molecule has 1 aromatic carbocycles. The third kappa shape index (κ3) is 3.89. The Hall–Kier alpha value is -1.26. The molecule has 0 saturated carbocycles. The summed E-state index contributed by atoms with van der Waals surface area (Å²) in [6.07, 6.45) is 0. The molecule has 0 aliphatic heterocycles. The predicted molar refractivity (Wildman–Crippen MR) is 74.6 cm³/mol. The van der Waals surface area contributed by atoms with Crippen molar-refractivity contribution in [3.63, 3.8) is 0 Å². The highest BCUT2D eigenvalue weighted by molar-refractivity contribution is 6.29. The summed E-state index contributed by atoms with van der Waals surface area (Å²) in [5.74, 6) is -0.815. The van der Waals surface area contributed by atoms with Crippen LogP contribution in [0.25, 0.3) is 0 Å². The molecule has 2 N–H and O–H groups in total. The Balaban J connectivity index is 3.02. The van der Waals surface area contributed by atoms with Gasteiger partial charge in [0.05, 0.1) is 0 Å². The van der Waals surface area contributed by atoms with E-state index in [0.717, 1.165) is 11.1 Å². The Morgan fingerprint density at radius 1 is 0.944 bits per heavy atom. The third-order valence-electron chi connectivity index (χ3n) is 2.36. The summed E-state index contributed by atoms with van der Waals surface area (Å²) in [4.78, 5) is 22.5. The Kier molecular flexibility index (Phi) is 5.44. The van der Waals surface area contributed by atoms with Crippen LogP contribution in [-0.4, -0.2) is 23.6 Å². The van der Waals surface area contributed by atoms with E-state index in [9.17, 15) is 9.59 Å². The van der Waals surface area contributed by atoms with Gasteiger partial charge in [-0.05, 0) is 31.0 Å². The van der Waals surface area contributed by atoms with E-state index in [1.165, 1.54) is 0 Å². The van der Waals surface area contributed by atoms with Crippen LogP contribution in [-0.2, 0) is 9.59 Å². The summed E-state index contributed by atoms with van der Waals surface area (Å²) < 4.78 is 0. The number of amides is 2. The molecule has 2 amide bonds. The van der Waals surface area contributed by atoms with Gasteiger partial charge < -0.3 is 10.6 Å².